The van der Waals surface area contributed by atoms with Gasteiger partial charge in [-0.2, -0.15) is 0 Å². The zero-order chi connectivity index (χ0) is 25.5. The van der Waals surface area contributed by atoms with Crippen molar-refractivity contribution in [2.24, 2.45) is 0 Å². The van der Waals surface area contributed by atoms with E-state index in [1.165, 1.54) is 25.4 Å². The maximum Gasteiger partial charge on any atom is 0.410 e. The first-order chi connectivity index (χ1) is 16.4. The Morgan fingerprint density at radius 2 is 1.89 bits per heavy atom. The van der Waals surface area contributed by atoms with Crippen LogP contribution in [0, 0.1) is 5.82 Å². The molecular weight excluding hydrogens is 498 g/mol. The van der Waals surface area contributed by atoms with E-state index in [1.807, 2.05) is 0 Å². The minimum Gasteiger partial charge on any atom is -0.444 e. The second kappa shape index (κ2) is 9.47. The number of rotatable bonds is 4. The molecule has 184 valence electrons. The Morgan fingerprint density at radius 1 is 1.17 bits per heavy atom. The summed E-state index contributed by atoms with van der Waals surface area (Å²) in [4.78, 5) is 34.2. The molecule has 0 aliphatic carbocycles. The summed E-state index contributed by atoms with van der Waals surface area (Å²) in [6, 6.07) is 6.33. The highest BCUT2D eigenvalue weighted by Crippen LogP contribution is 2.39. The number of ether oxygens (including phenoxy) is 2. The van der Waals surface area contributed by atoms with Crippen LogP contribution in [0.15, 0.2) is 30.6 Å². The molecule has 1 aliphatic heterocycles. The van der Waals surface area contributed by atoms with Crippen molar-refractivity contribution in [1.29, 1.82) is 0 Å². The molecule has 0 atom stereocenters. The maximum absolute atomic E-state index is 14.6. The van der Waals surface area contributed by atoms with Crippen molar-refractivity contribution in [3.05, 3.63) is 52.0 Å². The van der Waals surface area contributed by atoms with Gasteiger partial charge >= 0.3 is 12.1 Å². The van der Waals surface area contributed by atoms with Crippen LogP contribution in [0.2, 0.25) is 10.0 Å². The number of hydrogen-bond donors (Lipinski definition) is 1. The molecule has 1 aromatic heterocycles. The van der Waals surface area contributed by atoms with Gasteiger partial charge < -0.3 is 19.7 Å². The van der Waals surface area contributed by atoms with Crippen molar-refractivity contribution in [3.63, 3.8) is 0 Å². The highest BCUT2D eigenvalue weighted by Gasteiger charge is 2.36. The minimum atomic E-state index is -0.713. The van der Waals surface area contributed by atoms with Crippen LogP contribution >= 0.6 is 23.2 Å². The Labute approximate surface area is 211 Å². The number of amides is 1. The molecule has 1 saturated heterocycles. The van der Waals surface area contributed by atoms with Gasteiger partial charge in [-0.3, -0.25) is 4.79 Å². The van der Waals surface area contributed by atoms with Gasteiger partial charge in [-0.05, 0) is 39.0 Å². The Bertz CT molecular complexity index is 1320. The Kier molecular flexibility index (Phi) is 6.75. The molecule has 11 heteroatoms. The minimum absolute atomic E-state index is 0.0877. The summed E-state index contributed by atoms with van der Waals surface area (Å²) in [6.45, 7) is 7.47. The molecule has 1 amide bonds. The van der Waals surface area contributed by atoms with Crippen LogP contribution in [-0.2, 0) is 9.53 Å². The third kappa shape index (κ3) is 5.41. The molecule has 0 bridgehead atoms. The van der Waals surface area contributed by atoms with Crippen LogP contribution in [0.4, 0.5) is 20.7 Å². The first-order valence-electron chi connectivity index (χ1n) is 10.8. The fourth-order valence-electron chi connectivity index (χ4n) is 3.66. The molecule has 0 spiro atoms. The van der Waals surface area contributed by atoms with E-state index < -0.39 is 23.5 Å². The van der Waals surface area contributed by atoms with Crippen LogP contribution in [0.1, 0.15) is 39.2 Å². The van der Waals surface area contributed by atoms with Gasteiger partial charge in [0.15, 0.2) is 5.82 Å². The monoisotopic (exact) mass is 520 g/mol. The highest BCUT2D eigenvalue weighted by molar-refractivity contribution is 6.42. The number of aromatic nitrogens is 2. The topological polar surface area (TPSA) is 93.6 Å². The summed E-state index contributed by atoms with van der Waals surface area (Å²) in [5.41, 5.74) is 0.655. The smallest absolute Gasteiger partial charge is 0.410 e. The lowest BCUT2D eigenvalue weighted by Gasteiger charge is -2.40. The second-order valence-electron chi connectivity index (χ2n) is 9.15. The van der Waals surface area contributed by atoms with Crippen LogP contribution in [0.5, 0.6) is 5.75 Å². The lowest BCUT2D eigenvalue weighted by Crippen LogP contribution is -2.50. The fraction of sp³-hybridized carbons (Fsp3) is 0.333. The van der Waals surface area contributed by atoms with E-state index in [2.05, 4.69) is 15.3 Å². The van der Waals surface area contributed by atoms with Gasteiger partial charge in [0.2, 0.25) is 0 Å². The zero-order valence-corrected chi connectivity index (χ0v) is 21.0. The van der Waals surface area contributed by atoms with E-state index in [-0.39, 0.29) is 21.7 Å². The van der Waals surface area contributed by atoms with Crippen LogP contribution in [0.3, 0.4) is 0 Å². The normalized spacial score (nSPS) is 14.0. The maximum atomic E-state index is 14.6. The average Bonchev–Trinajstić information content (AvgIpc) is 2.72. The molecule has 2 heterocycles. The Morgan fingerprint density at radius 3 is 2.54 bits per heavy atom. The lowest BCUT2D eigenvalue weighted by atomic mass is 9.90. The molecule has 0 unspecified atom stereocenters. The van der Waals surface area contributed by atoms with Crippen LogP contribution in [0.25, 0.3) is 10.9 Å². The van der Waals surface area contributed by atoms with Crippen molar-refractivity contribution < 1.29 is 23.5 Å². The molecule has 1 aliphatic rings. The third-order valence-electron chi connectivity index (χ3n) is 5.28. The van der Waals surface area contributed by atoms with Gasteiger partial charge in [0.05, 0.1) is 21.2 Å². The summed E-state index contributed by atoms with van der Waals surface area (Å²) in [5, 5.41) is 3.39. The van der Waals surface area contributed by atoms with Gasteiger partial charge in [-0.25, -0.2) is 19.2 Å². The number of carbonyl (C=O) groups excluding carboxylic acids is 2. The van der Waals surface area contributed by atoms with Crippen LogP contribution < -0.4 is 10.1 Å². The molecule has 4 rings (SSSR count). The van der Waals surface area contributed by atoms with Gasteiger partial charge in [0.1, 0.15) is 23.5 Å². The lowest BCUT2D eigenvalue weighted by molar-refractivity contribution is -0.132. The predicted molar refractivity (Wildman–Crippen MR) is 131 cm³/mol. The summed E-state index contributed by atoms with van der Waals surface area (Å²) in [5.74, 6) is -0.652. The van der Waals surface area contributed by atoms with Crippen molar-refractivity contribution in [1.82, 2.24) is 14.9 Å². The molecule has 1 N–H and O–H groups in total. The number of nitrogens with one attached hydrogen (secondary N) is 1. The number of fused-ring (bicyclic) bond motifs is 1. The van der Waals surface area contributed by atoms with E-state index in [0.717, 1.165) is 0 Å². The molecule has 0 saturated carbocycles. The van der Waals surface area contributed by atoms with Gasteiger partial charge in [0, 0.05) is 42.9 Å². The highest BCUT2D eigenvalue weighted by atomic mass is 35.5. The molecule has 1 fully saturated rings. The number of hydrogen-bond acceptors (Lipinski definition) is 7. The van der Waals surface area contributed by atoms with E-state index in [1.54, 1.807) is 37.8 Å². The number of anilines is 2. The number of esters is 1. The van der Waals surface area contributed by atoms with Gasteiger partial charge in [-0.15, -0.1) is 0 Å². The summed E-state index contributed by atoms with van der Waals surface area (Å²) < 4.78 is 25.5. The van der Waals surface area contributed by atoms with E-state index >= 15 is 0 Å². The molecule has 0 radical (unpaired) electrons. The van der Waals surface area contributed by atoms with E-state index in [0.29, 0.717) is 41.1 Å². The fourth-order valence-corrected chi connectivity index (χ4v) is 3.97. The largest absolute Gasteiger partial charge is 0.444 e. The Hall–Kier alpha value is -3.17. The second-order valence-corrected chi connectivity index (χ2v) is 9.94. The van der Waals surface area contributed by atoms with Gasteiger partial charge in [0.25, 0.3) is 0 Å². The van der Waals surface area contributed by atoms with Crippen LogP contribution in [-0.4, -0.2) is 45.6 Å². The predicted octanol–water partition coefficient (Wildman–Crippen LogP) is 6.08. The summed E-state index contributed by atoms with van der Waals surface area (Å²) >= 11 is 11.8. The van der Waals surface area contributed by atoms with Crippen molar-refractivity contribution in [2.75, 3.05) is 18.4 Å². The van der Waals surface area contributed by atoms with Gasteiger partial charge in [-0.1, -0.05) is 23.2 Å². The number of benzene rings is 2. The number of halogens is 3. The average molecular weight is 521 g/mol. The molecule has 2 aromatic carbocycles. The van der Waals surface area contributed by atoms with Crippen molar-refractivity contribution in [3.8, 4) is 5.75 Å². The Balaban J connectivity index is 1.69. The molecule has 3 aromatic rings. The standard InChI is InChI=1S/C24H23Cl2FN4O4/c1-12(32)34-19-8-18-15(7-14(19)13-9-31(10-13)23(33)35-24(2,3)4)22(29-11-28-18)30-17-6-5-16(25)20(26)21(17)27/h5-8,11,13H,9-10H2,1-4H3,(H,28,29,30). The zero-order valence-electron chi connectivity index (χ0n) is 19.5. The number of carbonyl (C=O) groups is 2. The summed E-state index contributed by atoms with van der Waals surface area (Å²) in [6.07, 6.45) is 0.898. The van der Waals surface area contributed by atoms with Crippen molar-refractivity contribution in [2.45, 2.75) is 39.2 Å². The quantitative estimate of drug-likeness (QED) is 0.253. The number of likely N-dealkylation sites (tertiary alicyclic amines) is 1. The SMILES string of the molecule is CC(=O)Oc1cc2ncnc(Nc3ccc(Cl)c(Cl)c3F)c2cc1C1CN(C(=O)OC(C)(C)C)C1. The molecule has 8 nitrogen and oxygen atoms in total. The first-order valence-corrected chi connectivity index (χ1v) is 11.5. The molecular formula is C24H23Cl2FN4O4. The molecule has 35 heavy (non-hydrogen) atoms. The van der Waals surface area contributed by atoms with Crippen molar-refractivity contribution >= 4 is 57.7 Å². The summed E-state index contributed by atoms with van der Waals surface area (Å²) in [7, 11) is 0. The first kappa shape index (κ1) is 24.9. The third-order valence-corrected chi connectivity index (χ3v) is 6.06. The number of nitrogens with zero attached hydrogens (tertiary/aromatic N) is 3. The van der Waals surface area contributed by atoms with E-state index in [4.69, 9.17) is 32.7 Å². The van der Waals surface area contributed by atoms with E-state index in [9.17, 15) is 14.0 Å².